The van der Waals surface area contributed by atoms with Crippen LogP contribution in [0.15, 0.2) is 53.7 Å². The van der Waals surface area contributed by atoms with Crippen LogP contribution in [-0.2, 0) is 15.4 Å². The second kappa shape index (κ2) is 7.68. The predicted molar refractivity (Wildman–Crippen MR) is 118 cm³/mol. The maximum absolute atomic E-state index is 13.1. The Labute approximate surface area is 181 Å². The number of anilines is 1. The van der Waals surface area contributed by atoms with Crippen LogP contribution >= 0.6 is 11.6 Å². The molecule has 7 nitrogen and oxygen atoms in total. The summed E-state index contributed by atoms with van der Waals surface area (Å²) in [6.45, 7) is 7.88. The van der Waals surface area contributed by atoms with Gasteiger partial charge in [-0.25, -0.2) is 8.42 Å². The standard InChI is InChI=1S/C21H24ClN5O2S/c1-21(2,3)14-4-7-17(8-5-14)30(28,29)26-19-9-6-15(22)10-18(19)20-25-24-13-27(20)16-11-23-12-16/h4-10,13,16,23,26H,11-12H2,1-3H3. The van der Waals surface area contributed by atoms with Crippen LogP contribution in [0.25, 0.3) is 11.4 Å². The van der Waals surface area contributed by atoms with Crippen LogP contribution < -0.4 is 10.0 Å². The molecule has 158 valence electrons. The van der Waals surface area contributed by atoms with Crippen molar-refractivity contribution < 1.29 is 8.42 Å². The summed E-state index contributed by atoms with van der Waals surface area (Å²) >= 11 is 6.21. The predicted octanol–water partition coefficient (Wildman–Crippen LogP) is 3.84. The molecule has 2 N–H and O–H groups in total. The number of hydrogen-bond donors (Lipinski definition) is 2. The second-order valence-corrected chi connectivity index (χ2v) is 10.6. The van der Waals surface area contributed by atoms with Crippen LogP contribution in [0.1, 0.15) is 32.4 Å². The zero-order chi connectivity index (χ0) is 21.5. The van der Waals surface area contributed by atoms with Gasteiger partial charge in [0, 0.05) is 23.7 Å². The molecule has 0 saturated carbocycles. The van der Waals surface area contributed by atoms with E-state index < -0.39 is 10.0 Å². The van der Waals surface area contributed by atoms with Gasteiger partial charge in [0.2, 0.25) is 0 Å². The van der Waals surface area contributed by atoms with Gasteiger partial charge in [-0.3, -0.25) is 4.72 Å². The van der Waals surface area contributed by atoms with E-state index in [4.69, 9.17) is 11.6 Å². The molecule has 2 aromatic carbocycles. The first-order chi connectivity index (χ1) is 14.1. The van der Waals surface area contributed by atoms with Crippen molar-refractivity contribution in [3.05, 3.63) is 59.4 Å². The summed E-state index contributed by atoms with van der Waals surface area (Å²) in [5, 5.41) is 12.0. The number of nitrogens with one attached hydrogen (secondary N) is 2. The van der Waals surface area contributed by atoms with Crippen molar-refractivity contribution in [1.82, 2.24) is 20.1 Å². The average molecular weight is 446 g/mol. The van der Waals surface area contributed by atoms with Gasteiger partial charge in [0.15, 0.2) is 5.82 Å². The normalized spacial score (nSPS) is 15.1. The van der Waals surface area contributed by atoms with E-state index in [2.05, 4.69) is 41.0 Å². The van der Waals surface area contributed by atoms with E-state index in [0.29, 0.717) is 22.1 Å². The summed E-state index contributed by atoms with van der Waals surface area (Å²) in [7, 11) is -3.79. The first kappa shape index (κ1) is 20.8. The third kappa shape index (κ3) is 4.08. The van der Waals surface area contributed by atoms with E-state index in [1.807, 2.05) is 16.7 Å². The van der Waals surface area contributed by atoms with Gasteiger partial charge in [-0.05, 0) is 41.3 Å². The Bertz CT molecular complexity index is 1160. The number of halogens is 1. The Kier molecular flexibility index (Phi) is 5.34. The summed E-state index contributed by atoms with van der Waals surface area (Å²) < 4.78 is 30.8. The van der Waals surface area contributed by atoms with Crippen LogP contribution in [0.4, 0.5) is 5.69 Å². The molecule has 1 aromatic heterocycles. The number of hydrogen-bond acceptors (Lipinski definition) is 5. The minimum Gasteiger partial charge on any atom is -0.313 e. The summed E-state index contributed by atoms with van der Waals surface area (Å²) in [6.07, 6.45) is 1.66. The highest BCUT2D eigenvalue weighted by molar-refractivity contribution is 7.92. The van der Waals surface area contributed by atoms with Crippen LogP contribution in [-0.4, -0.2) is 36.3 Å². The highest BCUT2D eigenvalue weighted by atomic mass is 35.5. The Hall–Kier alpha value is -2.42. The van der Waals surface area contributed by atoms with Crippen molar-refractivity contribution in [1.29, 1.82) is 0 Å². The molecule has 1 aliphatic rings. The van der Waals surface area contributed by atoms with Crippen molar-refractivity contribution in [2.45, 2.75) is 37.1 Å². The fourth-order valence-electron chi connectivity index (χ4n) is 3.30. The van der Waals surface area contributed by atoms with E-state index in [1.54, 1.807) is 36.7 Å². The van der Waals surface area contributed by atoms with Crippen molar-refractivity contribution in [3.8, 4) is 11.4 Å². The maximum Gasteiger partial charge on any atom is 0.261 e. The van der Waals surface area contributed by atoms with Crippen LogP contribution in [0.2, 0.25) is 5.02 Å². The molecule has 0 aliphatic carbocycles. The van der Waals surface area contributed by atoms with E-state index in [9.17, 15) is 8.42 Å². The monoisotopic (exact) mass is 445 g/mol. The Balaban J connectivity index is 1.69. The molecular weight excluding hydrogens is 422 g/mol. The number of sulfonamides is 1. The minimum atomic E-state index is -3.79. The van der Waals surface area contributed by atoms with Gasteiger partial charge in [0.25, 0.3) is 10.0 Å². The van der Waals surface area contributed by atoms with Crippen LogP contribution in [0.5, 0.6) is 0 Å². The Morgan fingerprint density at radius 2 is 1.83 bits per heavy atom. The molecule has 0 unspecified atom stereocenters. The molecule has 0 amide bonds. The van der Waals surface area contributed by atoms with Crippen molar-refractivity contribution in [2.24, 2.45) is 0 Å². The van der Waals surface area contributed by atoms with Crippen LogP contribution in [0, 0.1) is 0 Å². The average Bonchev–Trinajstić information content (AvgIpc) is 3.10. The summed E-state index contributed by atoms with van der Waals surface area (Å²) in [5.41, 5.74) is 2.00. The molecule has 3 aromatic rings. The van der Waals surface area contributed by atoms with Gasteiger partial charge < -0.3 is 9.88 Å². The first-order valence-corrected chi connectivity index (χ1v) is 11.5. The maximum atomic E-state index is 13.1. The molecule has 0 spiro atoms. The van der Waals surface area contributed by atoms with E-state index in [1.165, 1.54) is 0 Å². The van der Waals surface area contributed by atoms with Crippen LogP contribution in [0.3, 0.4) is 0 Å². The second-order valence-electron chi connectivity index (χ2n) is 8.44. The molecule has 1 saturated heterocycles. The topological polar surface area (TPSA) is 88.9 Å². The van der Waals surface area contributed by atoms with Crippen molar-refractivity contribution in [2.75, 3.05) is 17.8 Å². The Morgan fingerprint density at radius 3 is 2.43 bits per heavy atom. The fraction of sp³-hybridized carbons (Fsp3) is 0.333. The summed E-state index contributed by atoms with van der Waals surface area (Å²) in [4.78, 5) is 0.195. The number of benzene rings is 2. The third-order valence-corrected chi connectivity index (χ3v) is 6.84. The SMILES string of the molecule is CC(C)(C)c1ccc(S(=O)(=O)Nc2ccc(Cl)cc2-c2nncn2C2CNC2)cc1. The van der Waals surface area contributed by atoms with Gasteiger partial charge >= 0.3 is 0 Å². The molecule has 30 heavy (non-hydrogen) atoms. The first-order valence-electron chi connectivity index (χ1n) is 9.69. The lowest BCUT2D eigenvalue weighted by Gasteiger charge is -2.29. The zero-order valence-corrected chi connectivity index (χ0v) is 18.6. The molecule has 1 fully saturated rings. The lowest BCUT2D eigenvalue weighted by Crippen LogP contribution is -2.43. The number of nitrogens with zero attached hydrogens (tertiary/aromatic N) is 3. The van der Waals surface area contributed by atoms with E-state index >= 15 is 0 Å². The molecule has 0 atom stereocenters. The smallest absolute Gasteiger partial charge is 0.261 e. The largest absolute Gasteiger partial charge is 0.313 e. The van der Waals surface area contributed by atoms with Crippen molar-refractivity contribution in [3.63, 3.8) is 0 Å². The summed E-state index contributed by atoms with van der Waals surface area (Å²) in [5.74, 6) is 0.574. The molecule has 0 bridgehead atoms. The minimum absolute atomic E-state index is 0.0560. The molecule has 1 aliphatic heterocycles. The van der Waals surface area contributed by atoms with Gasteiger partial charge in [-0.2, -0.15) is 0 Å². The van der Waals surface area contributed by atoms with E-state index in [-0.39, 0.29) is 16.4 Å². The van der Waals surface area contributed by atoms with Gasteiger partial charge in [-0.15, -0.1) is 10.2 Å². The molecular formula is C21H24ClN5O2S. The lowest BCUT2D eigenvalue weighted by molar-refractivity contribution is 0.345. The number of aromatic nitrogens is 3. The molecule has 9 heteroatoms. The molecule has 2 heterocycles. The fourth-order valence-corrected chi connectivity index (χ4v) is 4.55. The zero-order valence-electron chi connectivity index (χ0n) is 17.1. The number of rotatable bonds is 5. The highest BCUT2D eigenvalue weighted by Gasteiger charge is 2.25. The summed E-state index contributed by atoms with van der Waals surface area (Å²) in [6, 6.07) is 12.2. The van der Waals surface area contributed by atoms with Gasteiger partial charge in [0.05, 0.1) is 16.6 Å². The third-order valence-electron chi connectivity index (χ3n) is 5.22. The molecule has 0 radical (unpaired) electrons. The van der Waals surface area contributed by atoms with E-state index in [0.717, 1.165) is 18.7 Å². The lowest BCUT2D eigenvalue weighted by atomic mass is 9.87. The van der Waals surface area contributed by atoms with Gasteiger partial charge in [0.1, 0.15) is 6.33 Å². The Morgan fingerprint density at radius 1 is 1.13 bits per heavy atom. The van der Waals surface area contributed by atoms with Gasteiger partial charge in [-0.1, -0.05) is 44.5 Å². The van der Waals surface area contributed by atoms with Crippen molar-refractivity contribution >= 4 is 27.3 Å². The quantitative estimate of drug-likeness (QED) is 0.622. The molecule has 4 rings (SSSR count). The highest BCUT2D eigenvalue weighted by Crippen LogP contribution is 2.33.